The molecule has 1 aliphatic heterocycles. The van der Waals surface area contributed by atoms with Crippen molar-refractivity contribution in [2.24, 2.45) is 5.73 Å². The fourth-order valence-corrected chi connectivity index (χ4v) is 4.09. The molecule has 1 amide bonds. The van der Waals surface area contributed by atoms with E-state index in [0.717, 1.165) is 47.0 Å². The predicted molar refractivity (Wildman–Crippen MR) is 96.6 cm³/mol. The van der Waals surface area contributed by atoms with E-state index in [9.17, 15) is 4.79 Å². The number of piperidine rings is 1. The number of rotatable bonds is 4. The number of methoxy groups -OCH3 is 1. The van der Waals surface area contributed by atoms with Crippen LogP contribution in [0.5, 0.6) is 5.75 Å². The van der Waals surface area contributed by atoms with E-state index in [1.165, 1.54) is 0 Å². The Labute approximate surface area is 146 Å². The van der Waals surface area contributed by atoms with E-state index in [0.29, 0.717) is 12.2 Å². The van der Waals surface area contributed by atoms with Crippen LogP contribution in [-0.4, -0.2) is 42.0 Å². The number of thiazole rings is 1. The maximum atomic E-state index is 13.1. The summed E-state index contributed by atoms with van der Waals surface area (Å²) in [6.45, 7) is 3.19. The highest BCUT2D eigenvalue weighted by Gasteiger charge is 2.30. The van der Waals surface area contributed by atoms with Crippen molar-refractivity contribution < 1.29 is 9.53 Å². The van der Waals surface area contributed by atoms with Crippen molar-refractivity contribution in [1.29, 1.82) is 0 Å². The Morgan fingerprint density at radius 3 is 3.04 bits per heavy atom. The van der Waals surface area contributed by atoms with E-state index in [4.69, 9.17) is 10.5 Å². The van der Waals surface area contributed by atoms with Crippen molar-refractivity contribution in [2.45, 2.75) is 32.2 Å². The Hall–Kier alpha value is -1.92. The molecule has 0 spiro atoms. The third kappa shape index (κ3) is 3.30. The molecule has 1 atom stereocenters. The molecule has 2 heterocycles. The summed E-state index contributed by atoms with van der Waals surface area (Å²) < 4.78 is 5.31. The molecule has 0 unspecified atom stereocenters. The van der Waals surface area contributed by atoms with Crippen molar-refractivity contribution in [2.75, 3.05) is 20.2 Å². The summed E-state index contributed by atoms with van der Waals surface area (Å²) in [6, 6.07) is 7.88. The van der Waals surface area contributed by atoms with Gasteiger partial charge < -0.3 is 15.4 Å². The number of nitrogens with two attached hydrogens (primary N) is 1. The average Bonchev–Trinajstić information content (AvgIpc) is 3.03. The predicted octanol–water partition coefficient (Wildman–Crippen LogP) is 3.08. The number of hydrogen-bond acceptors (Lipinski definition) is 5. The second kappa shape index (κ2) is 7.32. The molecule has 2 N–H and O–H groups in total. The van der Waals surface area contributed by atoms with Crippen molar-refractivity contribution >= 4 is 17.2 Å². The number of benzene rings is 1. The molecule has 1 aromatic carbocycles. The first-order valence-corrected chi connectivity index (χ1v) is 9.08. The summed E-state index contributed by atoms with van der Waals surface area (Å²) in [5.74, 6) is 0.766. The lowest BCUT2D eigenvalue weighted by Crippen LogP contribution is -2.47. The number of nitrogens with zero attached hydrogens (tertiary/aromatic N) is 2. The van der Waals surface area contributed by atoms with Crippen LogP contribution in [0.4, 0.5) is 0 Å². The zero-order chi connectivity index (χ0) is 17.1. The van der Waals surface area contributed by atoms with Gasteiger partial charge in [-0.05, 0) is 43.9 Å². The molecular formula is C18H23N3O2S. The van der Waals surface area contributed by atoms with E-state index in [1.807, 2.05) is 36.1 Å². The van der Waals surface area contributed by atoms with Crippen LogP contribution in [0.15, 0.2) is 24.3 Å². The molecule has 2 aromatic rings. The quantitative estimate of drug-likeness (QED) is 0.924. The van der Waals surface area contributed by atoms with E-state index < -0.39 is 0 Å². The van der Waals surface area contributed by atoms with Crippen LogP contribution in [0.2, 0.25) is 0 Å². The van der Waals surface area contributed by atoms with Gasteiger partial charge in [0, 0.05) is 19.1 Å². The molecule has 5 nitrogen and oxygen atoms in total. The van der Waals surface area contributed by atoms with Gasteiger partial charge in [-0.2, -0.15) is 0 Å². The van der Waals surface area contributed by atoms with Crippen LogP contribution in [0.25, 0.3) is 10.4 Å². The molecule has 1 fully saturated rings. The van der Waals surface area contributed by atoms with Gasteiger partial charge in [0.2, 0.25) is 0 Å². The van der Waals surface area contributed by atoms with Crippen molar-refractivity contribution in [3.05, 3.63) is 35.0 Å². The molecule has 128 valence electrons. The van der Waals surface area contributed by atoms with Crippen LogP contribution < -0.4 is 10.5 Å². The standard InChI is InChI=1S/C18H23N3O2S/c1-12-20-16(18(22)21-9-4-3-7-14(21)11-19)17(24-12)13-6-5-8-15(10-13)23-2/h5-6,8,10,14H,3-4,7,9,11,19H2,1-2H3/t14-/m0/s1. The third-order valence-corrected chi connectivity index (χ3v) is 5.45. The summed E-state index contributed by atoms with van der Waals surface area (Å²) in [7, 11) is 1.64. The summed E-state index contributed by atoms with van der Waals surface area (Å²) in [4.78, 5) is 20.5. The van der Waals surface area contributed by atoms with E-state index >= 15 is 0 Å². The maximum absolute atomic E-state index is 13.1. The van der Waals surface area contributed by atoms with Gasteiger partial charge in [-0.1, -0.05) is 12.1 Å². The number of hydrogen-bond donors (Lipinski definition) is 1. The van der Waals surface area contributed by atoms with Crippen molar-refractivity contribution in [3.63, 3.8) is 0 Å². The smallest absolute Gasteiger partial charge is 0.274 e. The molecule has 0 bridgehead atoms. The lowest BCUT2D eigenvalue weighted by atomic mass is 10.0. The van der Waals surface area contributed by atoms with Crippen LogP contribution >= 0.6 is 11.3 Å². The van der Waals surface area contributed by atoms with Crippen LogP contribution in [0.1, 0.15) is 34.8 Å². The van der Waals surface area contributed by atoms with Gasteiger partial charge in [0.1, 0.15) is 11.4 Å². The van der Waals surface area contributed by atoms with E-state index in [2.05, 4.69) is 4.98 Å². The molecule has 3 rings (SSSR count). The molecule has 0 aliphatic carbocycles. The van der Waals surface area contributed by atoms with Gasteiger partial charge in [-0.3, -0.25) is 4.79 Å². The second-order valence-corrected chi connectivity index (χ2v) is 7.23. The van der Waals surface area contributed by atoms with Gasteiger partial charge in [0.25, 0.3) is 5.91 Å². The molecule has 0 radical (unpaired) electrons. The zero-order valence-corrected chi connectivity index (χ0v) is 14.9. The Morgan fingerprint density at radius 1 is 1.46 bits per heavy atom. The molecule has 24 heavy (non-hydrogen) atoms. The van der Waals surface area contributed by atoms with E-state index in [1.54, 1.807) is 18.4 Å². The second-order valence-electron chi connectivity index (χ2n) is 6.03. The number of amides is 1. The number of aromatic nitrogens is 1. The summed E-state index contributed by atoms with van der Waals surface area (Å²) in [5, 5.41) is 0.887. The largest absolute Gasteiger partial charge is 0.497 e. The Morgan fingerprint density at radius 2 is 2.29 bits per heavy atom. The fraction of sp³-hybridized carbons (Fsp3) is 0.444. The number of likely N-dealkylation sites (tertiary alicyclic amines) is 1. The Kier molecular flexibility index (Phi) is 5.16. The Balaban J connectivity index is 1.97. The van der Waals surface area contributed by atoms with Gasteiger partial charge in [0.05, 0.1) is 17.0 Å². The molecule has 1 aliphatic rings. The Bertz CT molecular complexity index is 729. The molecule has 0 saturated carbocycles. The highest BCUT2D eigenvalue weighted by molar-refractivity contribution is 7.15. The summed E-state index contributed by atoms with van der Waals surface area (Å²) >= 11 is 1.54. The minimum absolute atomic E-state index is 0.00711. The fourth-order valence-electron chi connectivity index (χ4n) is 3.18. The summed E-state index contributed by atoms with van der Waals surface area (Å²) in [5.41, 5.74) is 7.37. The van der Waals surface area contributed by atoms with Crippen LogP contribution in [0, 0.1) is 6.92 Å². The highest BCUT2D eigenvalue weighted by Crippen LogP contribution is 2.33. The minimum atomic E-state index is -0.00711. The third-order valence-electron chi connectivity index (χ3n) is 4.43. The van der Waals surface area contributed by atoms with Gasteiger partial charge >= 0.3 is 0 Å². The topological polar surface area (TPSA) is 68.5 Å². The average molecular weight is 345 g/mol. The van der Waals surface area contributed by atoms with Crippen LogP contribution in [0.3, 0.4) is 0 Å². The van der Waals surface area contributed by atoms with Gasteiger partial charge in [-0.25, -0.2) is 4.98 Å². The van der Waals surface area contributed by atoms with Gasteiger partial charge in [0.15, 0.2) is 0 Å². The lowest BCUT2D eigenvalue weighted by molar-refractivity contribution is 0.0618. The van der Waals surface area contributed by atoms with Crippen molar-refractivity contribution in [1.82, 2.24) is 9.88 Å². The molecule has 6 heteroatoms. The lowest BCUT2D eigenvalue weighted by Gasteiger charge is -2.34. The molecule has 1 saturated heterocycles. The number of aryl methyl sites for hydroxylation is 1. The number of carbonyl (C=O) groups excluding carboxylic acids is 1. The van der Waals surface area contributed by atoms with Crippen molar-refractivity contribution in [3.8, 4) is 16.2 Å². The zero-order valence-electron chi connectivity index (χ0n) is 14.1. The maximum Gasteiger partial charge on any atom is 0.274 e. The number of ether oxygens (including phenoxy) is 1. The first-order valence-electron chi connectivity index (χ1n) is 8.27. The first kappa shape index (κ1) is 16.9. The monoisotopic (exact) mass is 345 g/mol. The normalized spacial score (nSPS) is 17.8. The number of carbonyl (C=O) groups is 1. The SMILES string of the molecule is COc1cccc(-c2sc(C)nc2C(=O)N2CCCC[C@H]2CN)c1. The first-order chi connectivity index (χ1) is 11.6. The van der Waals surface area contributed by atoms with Gasteiger partial charge in [-0.15, -0.1) is 11.3 Å². The molecule has 1 aromatic heterocycles. The minimum Gasteiger partial charge on any atom is -0.497 e. The van der Waals surface area contributed by atoms with Crippen LogP contribution in [-0.2, 0) is 0 Å². The molecular weight excluding hydrogens is 322 g/mol. The highest BCUT2D eigenvalue weighted by atomic mass is 32.1. The van der Waals surface area contributed by atoms with E-state index in [-0.39, 0.29) is 11.9 Å². The summed E-state index contributed by atoms with van der Waals surface area (Å²) in [6.07, 6.45) is 3.13.